The number of hydrogen-bond acceptors (Lipinski definition) is 7. The van der Waals surface area contributed by atoms with Gasteiger partial charge in [0, 0.05) is 13.0 Å². The van der Waals surface area contributed by atoms with Crippen LogP contribution < -0.4 is 15.8 Å². The second-order valence-corrected chi connectivity index (χ2v) is 6.28. The van der Waals surface area contributed by atoms with E-state index in [-0.39, 0.29) is 13.8 Å². The highest BCUT2D eigenvalue weighted by atomic mass is 16.5. The van der Waals surface area contributed by atoms with Gasteiger partial charge in [-0.2, -0.15) is 0 Å². The first-order chi connectivity index (χ1) is 12.7. The molecule has 1 radical (unpaired) electrons. The van der Waals surface area contributed by atoms with Crippen LogP contribution in [0.25, 0.3) is 0 Å². The van der Waals surface area contributed by atoms with Gasteiger partial charge in [0.1, 0.15) is 23.9 Å². The summed E-state index contributed by atoms with van der Waals surface area (Å²) in [5, 5.41) is 34.0. The van der Waals surface area contributed by atoms with E-state index >= 15 is 0 Å². The average Bonchev–Trinajstić information content (AvgIpc) is 3.05. The smallest absolute Gasteiger partial charge is 0.482 e. The van der Waals surface area contributed by atoms with Gasteiger partial charge in [0.2, 0.25) is 0 Å². The zero-order chi connectivity index (χ0) is 20.8. The van der Waals surface area contributed by atoms with Gasteiger partial charge in [-0.05, 0) is 24.5 Å². The molecular weight excluding hydrogens is 355 g/mol. The third kappa shape index (κ3) is 12.0. The minimum absolute atomic E-state index is 0. The molecule has 0 saturated carbocycles. The van der Waals surface area contributed by atoms with Crippen molar-refractivity contribution in [3.8, 4) is 5.75 Å². The summed E-state index contributed by atoms with van der Waals surface area (Å²) in [5.74, 6) is -0.579. The highest BCUT2D eigenvalue weighted by Crippen LogP contribution is 2.16. The molecule has 10 heteroatoms. The molecule has 9 nitrogen and oxygen atoms in total. The Bertz CT molecular complexity index is 545. The Morgan fingerprint density at radius 3 is 2.19 bits per heavy atom. The molecule has 0 bridgehead atoms. The number of hydrogen-bond donors (Lipinski definition) is 6. The molecule has 0 spiro atoms. The number of carbonyl (C=O) groups is 2. The Labute approximate surface area is 159 Å². The number of ether oxygens (including phenoxy) is 1. The normalized spacial score (nSPS) is 19.0. The number of benzene rings is 1. The minimum atomic E-state index is -0.913. The van der Waals surface area contributed by atoms with E-state index in [1.54, 1.807) is 0 Å². The maximum atomic E-state index is 10.7. The number of para-hydroxylation sites is 1. The number of nitrogens with one attached hydrogen (secondary N) is 1. The largest absolute Gasteiger partial charge is 0.489 e. The van der Waals surface area contributed by atoms with Crippen LogP contribution in [0.1, 0.15) is 26.7 Å². The van der Waals surface area contributed by atoms with Gasteiger partial charge in [0.15, 0.2) is 0 Å². The first-order valence-corrected chi connectivity index (χ1v) is 8.47. The molecule has 1 aliphatic heterocycles. The van der Waals surface area contributed by atoms with Crippen LogP contribution in [-0.2, 0) is 9.59 Å². The Balaban J connectivity index is 0.000000484. The van der Waals surface area contributed by atoms with Crippen molar-refractivity contribution in [3.63, 3.8) is 0 Å². The van der Waals surface area contributed by atoms with Crippen LogP contribution in [0.5, 0.6) is 5.75 Å². The monoisotopic (exact) mass is 383 g/mol. The number of nitrogens with two attached hydrogens (primary N) is 1. The summed E-state index contributed by atoms with van der Waals surface area (Å²) < 4.78 is 5.63. The topological polar surface area (TPSA) is 162 Å². The van der Waals surface area contributed by atoms with Crippen LogP contribution in [0.2, 0.25) is 0 Å². The first kappa shape index (κ1) is 24.9. The lowest BCUT2D eigenvalue weighted by atomic mass is 10.1. The van der Waals surface area contributed by atoms with Crippen molar-refractivity contribution in [3.05, 3.63) is 30.3 Å². The van der Waals surface area contributed by atoms with Crippen LogP contribution in [0.3, 0.4) is 0 Å². The lowest BCUT2D eigenvalue weighted by molar-refractivity contribution is -0.140. The molecule has 151 valence electrons. The van der Waals surface area contributed by atoms with Crippen LogP contribution in [0.15, 0.2) is 30.3 Å². The fourth-order valence-electron chi connectivity index (χ4n) is 2.28. The molecule has 1 aliphatic rings. The van der Waals surface area contributed by atoms with Crippen LogP contribution in [-0.4, -0.2) is 64.6 Å². The van der Waals surface area contributed by atoms with Crippen molar-refractivity contribution >= 4 is 19.6 Å². The molecule has 3 atom stereocenters. The van der Waals surface area contributed by atoms with Gasteiger partial charge in [-0.25, -0.2) is 0 Å². The SMILES string of the molecule is CC(C)C[C@H](N)C(=O)O.O=C(O)[C@@H]1C[C@@H](Oc2ccccc2)CN1.O[B]O. The fourth-order valence-corrected chi connectivity index (χ4v) is 2.28. The summed E-state index contributed by atoms with van der Waals surface area (Å²) in [6, 6.07) is 8.28. The quantitative estimate of drug-likeness (QED) is 0.366. The van der Waals surface area contributed by atoms with Gasteiger partial charge in [-0.3, -0.25) is 9.59 Å². The number of aliphatic carboxylic acids is 2. The Kier molecular flexibility index (Phi) is 12.9. The maximum absolute atomic E-state index is 10.7. The van der Waals surface area contributed by atoms with E-state index in [4.69, 9.17) is 30.7 Å². The Morgan fingerprint density at radius 1 is 1.26 bits per heavy atom. The lowest BCUT2D eigenvalue weighted by Crippen LogP contribution is -2.31. The van der Waals surface area contributed by atoms with E-state index in [0.29, 0.717) is 25.3 Å². The molecule has 1 saturated heterocycles. The third-order valence-corrected chi connectivity index (χ3v) is 3.48. The molecule has 7 N–H and O–H groups in total. The number of carboxylic acids is 2. The molecule has 1 aromatic carbocycles. The second-order valence-electron chi connectivity index (χ2n) is 6.28. The average molecular weight is 383 g/mol. The van der Waals surface area contributed by atoms with Crippen LogP contribution in [0.4, 0.5) is 0 Å². The highest BCUT2D eigenvalue weighted by Gasteiger charge is 2.30. The van der Waals surface area contributed by atoms with E-state index < -0.39 is 24.0 Å². The molecule has 1 heterocycles. The van der Waals surface area contributed by atoms with Gasteiger partial charge in [-0.1, -0.05) is 32.0 Å². The van der Waals surface area contributed by atoms with E-state index in [1.807, 2.05) is 44.2 Å². The Morgan fingerprint density at radius 2 is 1.81 bits per heavy atom. The first-order valence-electron chi connectivity index (χ1n) is 8.47. The summed E-state index contributed by atoms with van der Waals surface area (Å²) in [6.07, 6.45) is 1.02. The third-order valence-electron chi connectivity index (χ3n) is 3.48. The summed E-state index contributed by atoms with van der Waals surface area (Å²) in [4.78, 5) is 20.8. The highest BCUT2D eigenvalue weighted by molar-refractivity contribution is 6.13. The molecule has 1 fully saturated rings. The minimum Gasteiger partial charge on any atom is -0.489 e. The zero-order valence-corrected chi connectivity index (χ0v) is 15.5. The summed E-state index contributed by atoms with van der Waals surface area (Å²) >= 11 is 0. The molecular formula is C17H28BN2O7. The van der Waals surface area contributed by atoms with E-state index in [2.05, 4.69) is 5.32 Å². The van der Waals surface area contributed by atoms with E-state index in [9.17, 15) is 9.59 Å². The van der Waals surface area contributed by atoms with Crippen LogP contribution in [0, 0.1) is 5.92 Å². The lowest BCUT2D eigenvalue weighted by Gasteiger charge is -2.11. The van der Waals surface area contributed by atoms with Crippen molar-refractivity contribution in [2.75, 3.05) is 6.54 Å². The number of carboxylic acid groups (broad SMARTS) is 2. The maximum Gasteiger partial charge on any atom is 0.482 e. The summed E-state index contributed by atoms with van der Waals surface area (Å²) in [5.41, 5.74) is 5.22. The molecule has 0 unspecified atom stereocenters. The summed E-state index contributed by atoms with van der Waals surface area (Å²) in [7, 11) is 0. The van der Waals surface area contributed by atoms with Gasteiger partial charge in [0.05, 0.1) is 0 Å². The molecule has 0 aliphatic carbocycles. The molecule has 0 amide bonds. The van der Waals surface area contributed by atoms with Gasteiger partial charge in [0.25, 0.3) is 0 Å². The zero-order valence-electron chi connectivity index (χ0n) is 15.5. The van der Waals surface area contributed by atoms with Gasteiger partial charge >= 0.3 is 19.6 Å². The van der Waals surface area contributed by atoms with Crippen molar-refractivity contribution in [2.24, 2.45) is 11.7 Å². The van der Waals surface area contributed by atoms with Crippen molar-refractivity contribution in [1.82, 2.24) is 5.32 Å². The van der Waals surface area contributed by atoms with E-state index in [1.165, 1.54) is 0 Å². The molecule has 27 heavy (non-hydrogen) atoms. The van der Waals surface area contributed by atoms with Gasteiger partial charge in [-0.15, -0.1) is 0 Å². The summed E-state index contributed by atoms with van der Waals surface area (Å²) in [6.45, 7) is 4.48. The second kappa shape index (κ2) is 14.0. The Hall–Kier alpha value is -2.14. The molecule has 2 rings (SSSR count). The van der Waals surface area contributed by atoms with Crippen LogP contribution >= 0.6 is 0 Å². The van der Waals surface area contributed by atoms with Crippen molar-refractivity contribution in [2.45, 2.75) is 44.9 Å². The van der Waals surface area contributed by atoms with Crippen molar-refractivity contribution < 1.29 is 34.6 Å². The molecule has 0 aromatic heterocycles. The van der Waals surface area contributed by atoms with Crippen molar-refractivity contribution in [1.29, 1.82) is 0 Å². The van der Waals surface area contributed by atoms with Gasteiger partial charge < -0.3 is 36.0 Å². The van der Waals surface area contributed by atoms with E-state index in [0.717, 1.165) is 5.75 Å². The predicted octanol–water partition coefficient (Wildman–Crippen LogP) is -0.170. The molecule has 1 aromatic rings. The number of rotatable bonds is 6. The standard InChI is InChI=1S/C11H13NO3.C6H13NO2.BH2O2/c13-11(14)10-6-9(7-12-10)15-8-4-2-1-3-5-8;1-4(2)3-5(7)6(8)9;2-1-3/h1-5,9-10,12H,6-7H2,(H,13,14);4-5H,3,7H2,1-2H3,(H,8,9);2-3H/t9-,10+;5-;/m10./s1. The fraction of sp³-hybridized carbons (Fsp3) is 0.529. The predicted molar refractivity (Wildman–Crippen MR) is 100 cm³/mol.